The minimum Gasteiger partial charge on any atom is -0.497 e. The number of carbonyl (C=O) groups is 1. The lowest BCUT2D eigenvalue weighted by atomic mass is 10.0. The van der Waals surface area contributed by atoms with E-state index in [1.54, 1.807) is 33.5 Å². The number of amides is 1. The van der Waals surface area contributed by atoms with Crippen molar-refractivity contribution in [2.24, 2.45) is 0 Å². The smallest absolute Gasteiger partial charge is 0.244 e. The lowest BCUT2D eigenvalue weighted by Gasteiger charge is -2.14. The van der Waals surface area contributed by atoms with Crippen molar-refractivity contribution in [3.8, 4) is 17.2 Å². The third-order valence-corrected chi connectivity index (χ3v) is 4.16. The Morgan fingerprint density at radius 3 is 2.15 bits per heavy atom. The first-order valence-corrected chi connectivity index (χ1v) is 8.33. The molecule has 2 rings (SSSR count). The van der Waals surface area contributed by atoms with E-state index in [4.69, 9.17) is 14.2 Å². The Kier molecular flexibility index (Phi) is 6.67. The number of ether oxygens (including phenoxy) is 3. The second-order valence-corrected chi connectivity index (χ2v) is 5.90. The number of allylic oxidation sites excluding steroid dienone is 1. The zero-order valence-electron chi connectivity index (χ0n) is 15.8. The van der Waals surface area contributed by atoms with Crippen LogP contribution in [-0.2, 0) is 4.79 Å². The number of hydrogen-bond acceptors (Lipinski definition) is 4. The van der Waals surface area contributed by atoms with Gasteiger partial charge in [-0.3, -0.25) is 4.79 Å². The highest BCUT2D eigenvalue weighted by molar-refractivity contribution is 5.95. The SMILES string of the molecule is COc1ccc(C(C)NC(=O)/C=C(\C)c2ccc(OC)cc2OC)cc1. The molecule has 138 valence electrons. The summed E-state index contributed by atoms with van der Waals surface area (Å²) in [5, 5.41) is 2.97. The molecule has 0 heterocycles. The van der Waals surface area contributed by atoms with E-state index in [0.717, 1.165) is 22.4 Å². The molecule has 1 amide bonds. The van der Waals surface area contributed by atoms with E-state index in [1.807, 2.05) is 50.2 Å². The minimum atomic E-state index is -0.163. The van der Waals surface area contributed by atoms with Crippen molar-refractivity contribution < 1.29 is 19.0 Å². The molecule has 1 unspecified atom stereocenters. The maximum absolute atomic E-state index is 12.4. The fraction of sp³-hybridized carbons (Fsp3) is 0.286. The minimum absolute atomic E-state index is 0.116. The molecule has 26 heavy (non-hydrogen) atoms. The highest BCUT2D eigenvalue weighted by atomic mass is 16.5. The molecule has 0 spiro atoms. The number of hydrogen-bond donors (Lipinski definition) is 1. The van der Waals surface area contributed by atoms with Crippen molar-refractivity contribution in [1.29, 1.82) is 0 Å². The maximum Gasteiger partial charge on any atom is 0.244 e. The molecule has 0 fully saturated rings. The molecule has 5 heteroatoms. The van der Waals surface area contributed by atoms with Crippen molar-refractivity contribution >= 4 is 11.5 Å². The van der Waals surface area contributed by atoms with Gasteiger partial charge >= 0.3 is 0 Å². The highest BCUT2D eigenvalue weighted by Crippen LogP contribution is 2.30. The molecule has 0 aromatic heterocycles. The van der Waals surface area contributed by atoms with Crippen LogP contribution in [0.25, 0.3) is 5.57 Å². The van der Waals surface area contributed by atoms with Crippen molar-refractivity contribution in [3.63, 3.8) is 0 Å². The average Bonchev–Trinajstić information content (AvgIpc) is 2.67. The van der Waals surface area contributed by atoms with Crippen LogP contribution >= 0.6 is 0 Å². The quantitative estimate of drug-likeness (QED) is 0.763. The Morgan fingerprint density at radius 2 is 1.58 bits per heavy atom. The molecule has 0 radical (unpaired) electrons. The van der Waals surface area contributed by atoms with Crippen LogP contribution in [0.1, 0.15) is 31.0 Å². The first kappa shape index (κ1) is 19.4. The van der Waals surface area contributed by atoms with Crippen LogP contribution in [0.4, 0.5) is 0 Å². The number of methoxy groups -OCH3 is 3. The first-order valence-electron chi connectivity index (χ1n) is 8.33. The van der Waals surface area contributed by atoms with Crippen LogP contribution in [0, 0.1) is 0 Å². The summed E-state index contributed by atoms with van der Waals surface area (Å²) in [7, 11) is 4.82. The first-order chi connectivity index (χ1) is 12.5. The van der Waals surface area contributed by atoms with Gasteiger partial charge in [-0.2, -0.15) is 0 Å². The van der Waals surface area contributed by atoms with E-state index in [-0.39, 0.29) is 11.9 Å². The predicted molar refractivity (Wildman–Crippen MR) is 103 cm³/mol. The summed E-state index contributed by atoms with van der Waals surface area (Å²) in [5.41, 5.74) is 2.66. The Hall–Kier alpha value is -2.95. The van der Waals surface area contributed by atoms with Gasteiger partial charge in [0.05, 0.1) is 27.4 Å². The topological polar surface area (TPSA) is 56.8 Å². The molecule has 0 aliphatic heterocycles. The van der Waals surface area contributed by atoms with Gasteiger partial charge in [0.2, 0.25) is 5.91 Å². The van der Waals surface area contributed by atoms with E-state index in [0.29, 0.717) is 11.5 Å². The van der Waals surface area contributed by atoms with Gasteiger partial charge in [0.25, 0.3) is 0 Å². The van der Waals surface area contributed by atoms with Crippen LogP contribution in [0.5, 0.6) is 17.2 Å². The van der Waals surface area contributed by atoms with Crippen molar-refractivity contribution in [2.45, 2.75) is 19.9 Å². The number of nitrogens with one attached hydrogen (secondary N) is 1. The van der Waals surface area contributed by atoms with E-state index in [2.05, 4.69) is 5.32 Å². The predicted octanol–water partition coefficient (Wildman–Crippen LogP) is 3.99. The molecule has 2 aromatic carbocycles. The summed E-state index contributed by atoms with van der Waals surface area (Å²) in [6.45, 7) is 3.82. The zero-order valence-corrected chi connectivity index (χ0v) is 15.8. The lowest BCUT2D eigenvalue weighted by molar-refractivity contribution is -0.117. The van der Waals surface area contributed by atoms with Crippen molar-refractivity contribution in [3.05, 3.63) is 59.7 Å². The van der Waals surface area contributed by atoms with Crippen molar-refractivity contribution in [2.75, 3.05) is 21.3 Å². The van der Waals surface area contributed by atoms with Gasteiger partial charge in [-0.05, 0) is 49.2 Å². The van der Waals surface area contributed by atoms with Gasteiger partial charge in [0.15, 0.2) is 0 Å². The summed E-state index contributed by atoms with van der Waals surface area (Å²) >= 11 is 0. The standard InChI is InChI=1S/C21H25NO4/c1-14(19-11-10-18(25-4)13-20(19)26-5)12-21(23)22-15(2)16-6-8-17(24-3)9-7-16/h6-13,15H,1-5H3,(H,22,23)/b14-12+. The fourth-order valence-corrected chi connectivity index (χ4v) is 2.63. The fourth-order valence-electron chi connectivity index (χ4n) is 2.63. The molecule has 0 aliphatic rings. The molecule has 5 nitrogen and oxygen atoms in total. The van der Waals surface area contributed by atoms with Crippen LogP contribution in [0.15, 0.2) is 48.5 Å². The Bertz CT molecular complexity index is 781. The summed E-state index contributed by atoms with van der Waals surface area (Å²) < 4.78 is 15.8. The van der Waals surface area contributed by atoms with Crippen LogP contribution in [0.3, 0.4) is 0 Å². The summed E-state index contributed by atoms with van der Waals surface area (Å²) in [5.74, 6) is 1.99. The lowest BCUT2D eigenvalue weighted by Crippen LogP contribution is -2.24. The van der Waals surface area contributed by atoms with E-state index < -0.39 is 0 Å². The van der Waals surface area contributed by atoms with Crippen LogP contribution in [0.2, 0.25) is 0 Å². The molecular weight excluding hydrogens is 330 g/mol. The van der Waals surface area contributed by atoms with Crippen LogP contribution in [-0.4, -0.2) is 27.2 Å². The number of benzene rings is 2. The molecule has 0 bridgehead atoms. The van der Waals surface area contributed by atoms with Crippen molar-refractivity contribution in [1.82, 2.24) is 5.32 Å². The monoisotopic (exact) mass is 355 g/mol. The third-order valence-electron chi connectivity index (χ3n) is 4.16. The normalized spacial score (nSPS) is 12.3. The molecule has 0 saturated carbocycles. The zero-order chi connectivity index (χ0) is 19.1. The van der Waals surface area contributed by atoms with Gasteiger partial charge in [0.1, 0.15) is 17.2 Å². The largest absolute Gasteiger partial charge is 0.497 e. The summed E-state index contributed by atoms with van der Waals surface area (Å²) in [4.78, 5) is 12.4. The van der Waals surface area contributed by atoms with Gasteiger partial charge in [-0.1, -0.05) is 12.1 Å². The molecular formula is C21H25NO4. The van der Waals surface area contributed by atoms with E-state index in [9.17, 15) is 4.79 Å². The Labute approximate surface area is 154 Å². The number of carbonyl (C=O) groups excluding carboxylic acids is 1. The molecule has 2 aromatic rings. The molecule has 1 N–H and O–H groups in total. The molecule has 0 saturated heterocycles. The Morgan fingerprint density at radius 1 is 0.962 bits per heavy atom. The van der Waals surface area contributed by atoms with Gasteiger partial charge < -0.3 is 19.5 Å². The average molecular weight is 355 g/mol. The molecule has 0 aliphatic carbocycles. The third kappa shape index (κ3) is 4.79. The summed E-state index contributed by atoms with van der Waals surface area (Å²) in [6, 6.07) is 13.0. The number of rotatable bonds is 7. The maximum atomic E-state index is 12.4. The van der Waals surface area contributed by atoms with Gasteiger partial charge in [-0.25, -0.2) is 0 Å². The van der Waals surface area contributed by atoms with E-state index >= 15 is 0 Å². The second-order valence-electron chi connectivity index (χ2n) is 5.90. The second kappa shape index (κ2) is 8.94. The van der Waals surface area contributed by atoms with Gasteiger partial charge in [-0.15, -0.1) is 0 Å². The summed E-state index contributed by atoms with van der Waals surface area (Å²) in [6.07, 6.45) is 1.57. The van der Waals surface area contributed by atoms with Crippen LogP contribution < -0.4 is 19.5 Å². The highest BCUT2D eigenvalue weighted by Gasteiger charge is 2.11. The molecule has 1 atom stereocenters. The van der Waals surface area contributed by atoms with Gasteiger partial charge in [0, 0.05) is 17.7 Å². The van der Waals surface area contributed by atoms with E-state index in [1.165, 1.54) is 0 Å². The Balaban J connectivity index is 2.11.